The van der Waals surface area contributed by atoms with Crippen LogP contribution in [0.2, 0.25) is 0 Å². The van der Waals surface area contributed by atoms with Crippen LogP contribution in [0.15, 0.2) is 24.3 Å². The molecule has 1 aliphatic rings. The molecule has 0 aliphatic carbocycles. The van der Waals surface area contributed by atoms with E-state index in [0.717, 1.165) is 17.1 Å². The molecule has 7 heteroatoms. The van der Waals surface area contributed by atoms with Gasteiger partial charge in [-0.2, -0.15) is 0 Å². The molecule has 1 fully saturated rings. The van der Waals surface area contributed by atoms with Gasteiger partial charge in [0.15, 0.2) is 0 Å². The Morgan fingerprint density at radius 3 is 2.88 bits per heavy atom. The Morgan fingerprint density at radius 2 is 2.12 bits per heavy atom. The highest BCUT2D eigenvalue weighted by atomic mass is 32.1. The average Bonchev–Trinajstić information content (AvgIpc) is 3.21. The maximum absolute atomic E-state index is 12.5. The van der Waals surface area contributed by atoms with E-state index in [2.05, 4.69) is 28.5 Å². The summed E-state index contributed by atoms with van der Waals surface area (Å²) in [5.74, 6) is 0.0427. The first-order valence-electron chi connectivity index (χ1n) is 8.13. The lowest BCUT2D eigenvalue weighted by atomic mass is 10.1. The maximum Gasteiger partial charge on any atom is 0.227 e. The summed E-state index contributed by atoms with van der Waals surface area (Å²) < 4.78 is 0. The predicted molar refractivity (Wildman–Crippen MR) is 94.4 cm³/mol. The van der Waals surface area contributed by atoms with Crippen LogP contribution < -0.4 is 10.2 Å². The van der Waals surface area contributed by atoms with Gasteiger partial charge in [-0.05, 0) is 18.1 Å². The highest BCUT2D eigenvalue weighted by Gasteiger charge is 2.34. The average molecular weight is 344 g/mol. The van der Waals surface area contributed by atoms with E-state index in [1.165, 1.54) is 16.9 Å². The quantitative estimate of drug-likeness (QED) is 0.905. The molecule has 24 heavy (non-hydrogen) atoms. The summed E-state index contributed by atoms with van der Waals surface area (Å²) >= 11 is 1.35. The Balaban J connectivity index is 1.76. The molecule has 1 unspecified atom stereocenters. The summed E-state index contributed by atoms with van der Waals surface area (Å²) in [7, 11) is 0. The van der Waals surface area contributed by atoms with Gasteiger partial charge >= 0.3 is 0 Å². The number of para-hydroxylation sites is 1. The van der Waals surface area contributed by atoms with Crippen molar-refractivity contribution in [3.8, 4) is 0 Å². The molecular weight excluding hydrogens is 324 g/mol. The van der Waals surface area contributed by atoms with E-state index in [1.54, 1.807) is 6.92 Å². The molecule has 0 bridgehead atoms. The summed E-state index contributed by atoms with van der Waals surface area (Å²) in [6.45, 7) is 4.48. The van der Waals surface area contributed by atoms with Crippen molar-refractivity contribution in [1.82, 2.24) is 10.2 Å². The number of carbonyl (C=O) groups excluding carboxylic acids is 2. The normalized spacial score (nSPS) is 17.3. The number of anilines is 2. The largest absolute Gasteiger partial charge is 0.311 e. The second kappa shape index (κ2) is 7.09. The van der Waals surface area contributed by atoms with Crippen LogP contribution >= 0.6 is 11.3 Å². The minimum Gasteiger partial charge on any atom is -0.311 e. The van der Waals surface area contributed by atoms with Crippen LogP contribution in [-0.4, -0.2) is 28.6 Å². The molecule has 6 nitrogen and oxygen atoms in total. The third-order valence-electron chi connectivity index (χ3n) is 4.15. The van der Waals surface area contributed by atoms with E-state index in [-0.39, 0.29) is 17.7 Å². The SMILES string of the molecule is CCC(=O)Nc1nnc(C2CC(=O)N(c3ccccc3CC)C2)s1. The molecule has 1 saturated heterocycles. The van der Waals surface area contributed by atoms with E-state index in [4.69, 9.17) is 0 Å². The molecular formula is C17H20N4O2S. The van der Waals surface area contributed by atoms with Crippen molar-refractivity contribution in [1.29, 1.82) is 0 Å². The summed E-state index contributed by atoms with van der Waals surface area (Å²) in [5, 5.41) is 12.2. The van der Waals surface area contributed by atoms with Crippen molar-refractivity contribution in [2.24, 2.45) is 0 Å². The summed E-state index contributed by atoms with van der Waals surface area (Å²) in [6.07, 6.45) is 1.71. The van der Waals surface area contributed by atoms with Gasteiger partial charge < -0.3 is 10.2 Å². The van der Waals surface area contributed by atoms with Gasteiger partial charge in [0.25, 0.3) is 0 Å². The first kappa shape index (κ1) is 16.6. The van der Waals surface area contributed by atoms with Crippen LogP contribution in [0.5, 0.6) is 0 Å². The molecule has 1 aromatic carbocycles. The molecule has 1 aliphatic heterocycles. The zero-order valence-electron chi connectivity index (χ0n) is 13.8. The highest BCUT2D eigenvalue weighted by molar-refractivity contribution is 7.15. The summed E-state index contributed by atoms with van der Waals surface area (Å²) in [4.78, 5) is 25.7. The number of nitrogens with zero attached hydrogens (tertiary/aromatic N) is 3. The topological polar surface area (TPSA) is 75.2 Å². The zero-order valence-corrected chi connectivity index (χ0v) is 14.6. The molecule has 2 aromatic rings. The molecule has 0 spiro atoms. The monoisotopic (exact) mass is 344 g/mol. The van der Waals surface area contributed by atoms with E-state index in [0.29, 0.717) is 24.5 Å². The van der Waals surface area contributed by atoms with Crippen molar-refractivity contribution >= 4 is 34.0 Å². The first-order chi connectivity index (χ1) is 11.6. The Morgan fingerprint density at radius 1 is 1.33 bits per heavy atom. The van der Waals surface area contributed by atoms with Crippen molar-refractivity contribution < 1.29 is 9.59 Å². The number of carbonyl (C=O) groups is 2. The Hall–Kier alpha value is -2.28. The number of rotatable bonds is 5. The molecule has 126 valence electrons. The number of aromatic nitrogens is 2. The lowest BCUT2D eigenvalue weighted by Gasteiger charge is -2.19. The lowest BCUT2D eigenvalue weighted by molar-refractivity contribution is -0.117. The molecule has 1 atom stereocenters. The number of benzene rings is 1. The number of aryl methyl sites for hydroxylation is 1. The zero-order chi connectivity index (χ0) is 17.1. The van der Waals surface area contributed by atoms with Crippen LogP contribution in [0.4, 0.5) is 10.8 Å². The molecule has 0 saturated carbocycles. The van der Waals surface area contributed by atoms with E-state index in [1.807, 2.05) is 23.1 Å². The van der Waals surface area contributed by atoms with E-state index < -0.39 is 0 Å². The van der Waals surface area contributed by atoms with E-state index in [9.17, 15) is 9.59 Å². The summed E-state index contributed by atoms with van der Waals surface area (Å²) in [5.41, 5.74) is 2.15. The van der Waals surface area contributed by atoms with Gasteiger partial charge in [0.2, 0.25) is 16.9 Å². The van der Waals surface area contributed by atoms with Crippen LogP contribution in [0, 0.1) is 0 Å². The van der Waals surface area contributed by atoms with Gasteiger partial charge in [-0.15, -0.1) is 10.2 Å². The van der Waals surface area contributed by atoms with Crippen molar-refractivity contribution in [2.45, 2.75) is 39.0 Å². The predicted octanol–water partition coefficient (Wildman–Crippen LogP) is 2.97. The van der Waals surface area contributed by atoms with Gasteiger partial charge in [-0.1, -0.05) is 43.4 Å². The molecule has 2 amide bonds. The van der Waals surface area contributed by atoms with Gasteiger partial charge in [-0.25, -0.2) is 0 Å². The standard InChI is InChI=1S/C17H20N4O2S/c1-3-11-7-5-6-8-13(11)21-10-12(9-15(21)23)16-19-20-17(24-16)18-14(22)4-2/h5-8,12H,3-4,9-10H2,1-2H3,(H,18,20,22). The van der Waals surface area contributed by atoms with Crippen LogP contribution in [-0.2, 0) is 16.0 Å². The van der Waals surface area contributed by atoms with Gasteiger partial charge in [0, 0.05) is 31.0 Å². The smallest absolute Gasteiger partial charge is 0.227 e. The fourth-order valence-corrected chi connectivity index (χ4v) is 3.69. The van der Waals surface area contributed by atoms with Crippen molar-refractivity contribution in [3.05, 3.63) is 34.8 Å². The van der Waals surface area contributed by atoms with Gasteiger partial charge in [0.05, 0.1) is 0 Å². The number of hydrogen-bond donors (Lipinski definition) is 1. The summed E-state index contributed by atoms with van der Waals surface area (Å²) in [6, 6.07) is 8.00. The highest BCUT2D eigenvalue weighted by Crippen LogP contribution is 2.35. The Kier molecular flexibility index (Phi) is 4.89. The van der Waals surface area contributed by atoms with Crippen LogP contribution in [0.1, 0.15) is 43.2 Å². The third-order valence-corrected chi connectivity index (χ3v) is 5.15. The Labute approximate surface area is 144 Å². The first-order valence-corrected chi connectivity index (χ1v) is 8.95. The second-order valence-electron chi connectivity index (χ2n) is 5.73. The third kappa shape index (κ3) is 3.31. The molecule has 0 radical (unpaired) electrons. The lowest BCUT2D eigenvalue weighted by Crippen LogP contribution is -2.25. The Bertz CT molecular complexity index is 759. The van der Waals surface area contributed by atoms with Crippen molar-refractivity contribution in [3.63, 3.8) is 0 Å². The minimum atomic E-state index is -0.0845. The van der Waals surface area contributed by atoms with Gasteiger partial charge in [-0.3, -0.25) is 9.59 Å². The maximum atomic E-state index is 12.5. The number of amides is 2. The molecule has 2 heterocycles. The number of nitrogens with one attached hydrogen (secondary N) is 1. The number of hydrogen-bond acceptors (Lipinski definition) is 5. The van der Waals surface area contributed by atoms with Gasteiger partial charge in [0.1, 0.15) is 5.01 Å². The fraction of sp³-hybridized carbons (Fsp3) is 0.412. The van der Waals surface area contributed by atoms with E-state index >= 15 is 0 Å². The van der Waals surface area contributed by atoms with Crippen LogP contribution in [0.3, 0.4) is 0 Å². The second-order valence-corrected chi connectivity index (χ2v) is 6.74. The minimum absolute atomic E-state index is 0.0205. The molecule has 1 N–H and O–H groups in total. The molecule has 1 aromatic heterocycles. The van der Waals surface area contributed by atoms with Crippen molar-refractivity contribution in [2.75, 3.05) is 16.8 Å². The fourth-order valence-electron chi connectivity index (χ4n) is 2.84. The molecule has 3 rings (SSSR count). The van der Waals surface area contributed by atoms with Crippen LogP contribution in [0.25, 0.3) is 0 Å².